The summed E-state index contributed by atoms with van der Waals surface area (Å²) in [6, 6.07) is 0.278. The first-order valence-corrected chi connectivity index (χ1v) is 5.94. The van der Waals surface area contributed by atoms with Gasteiger partial charge >= 0.3 is 0 Å². The minimum atomic E-state index is 0.278. The van der Waals surface area contributed by atoms with Crippen LogP contribution in [0.2, 0.25) is 0 Å². The second kappa shape index (κ2) is 4.43. The average Bonchev–Trinajstić information content (AvgIpc) is 2.86. The highest BCUT2D eigenvalue weighted by Gasteiger charge is 2.23. The number of fused-ring (bicyclic) bond motifs is 1. The van der Waals surface area contributed by atoms with Crippen molar-refractivity contribution < 1.29 is 4.74 Å². The lowest BCUT2D eigenvalue weighted by Gasteiger charge is -2.34. The summed E-state index contributed by atoms with van der Waals surface area (Å²) in [5.74, 6) is 6.91. The summed E-state index contributed by atoms with van der Waals surface area (Å²) in [5.41, 5.74) is 3.42. The number of nitrogens with one attached hydrogen (secondary N) is 1. The Morgan fingerprint density at radius 2 is 2.44 bits per heavy atom. The Labute approximate surface area is 105 Å². The highest BCUT2D eigenvalue weighted by Crippen LogP contribution is 2.23. The van der Waals surface area contributed by atoms with Crippen LogP contribution in [0.5, 0.6) is 0 Å². The van der Waals surface area contributed by atoms with Gasteiger partial charge in [0, 0.05) is 18.9 Å². The third-order valence-electron chi connectivity index (χ3n) is 3.14. The number of hydrogen-bond donors (Lipinski definition) is 2. The number of hydrogen-bond acceptors (Lipinski definition) is 6. The lowest BCUT2D eigenvalue weighted by molar-refractivity contribution is 0.0986. The number of rotatable bonds is 2. The Balaban J connectivity index is 2.10. The number of imidazole rings is 1. The molecule has 3 heterocycles. The van der Waals surface area contributed by atoms with E-state index in [1.165, 1.54) is 0 Å². The number of anilines is 2. The third-order valence-corrected chi connectivity index (χ3v) is 3.14. The van der Waals surface area contributed by atoms with Crippen LogP contribution in [0.4, 0.5) is 11.6 Å². The molecule has 2 aromatic rings. The zero-order chi connectivity index (χ0) is 12.5. The maximum absolute atomic E-state index is 5.45. The van der Waals surface area contributed by atoms with Crippen molar-refractivity contribution in [3.8, 4) is 0 Å². The molecule has 3 N–H and O–H groups in total. The molecule has 7 heteroatoms. The molecule has 18 heavy (non-hydrogen) atoms. The second-order valence-electron chi connectivity index (χ2n) is 4.37. The van der Waals surface area contributed by atoms with Crippen molar-refractivity contribution in [2.45, 2.75) is 13.0 Å². The molecule has 0 aromatic carbocycles. The molecule has 1 fully saturated rings. The Hall–Kier alpha value is -1.86. The first-order valence-electron chi connectivity index (χ1n) is 5.94. The van der Waals surface area contributed by atoms with Gasteiger partial charge in [-0.05, 0) is 6.92 Å². The molecule has 0 saturated carbocycles. The van der Waals surface area contributed by atoms with E-state index >= 15 is 0 Å². The van der Waals surface area contributed by atoms with Gasteiger partial charge < -0.3 is 19.5 Å². The maximum Gasteiger partial charge on any atom is 0.180 e. The molecule has 0 amide bonds. The van der Waals surface area contributed by atoms with Crippen LogP contribution in [0.25, 0.3) is 5.65 Å². The van der Waals surface area contributed by atoms with Gasteiger partial charge in [0.05, 0.1) is 25.5 Å². The average molecular weight is 248 g/mol. The Morgan fingerprint density at radius 1 is 1.56 bits per heavy atom. The summed E-state index contributed by atoms with van der Waals surface area (Å²) in [6.07, 6.45) is 5.45. The van der Waals surface area contributed by atoms with Gasteiger partial charge in [0.1, 0.15) is 0 Å². The molecule has 0 radical (unpaired) electrons. The van der Waals surface area contributed by atoms with Crippen LogP contribution >= 0.6 is 0 Å². The molecule has 1 aliphatic heterocycles. The van der Waals surface area contributed by atoms with Crippen LogP contribution < -0.4 is 16.2 Å². The van der Waals surface area contributed by atoms with Crippen LogP contribution in [0, 0.1) is 0 Å². The standard InChI is InChI=1S/C11H16N6O/c1-8-7-18-5-4-17(8)11-10-13-2-3-16(10)6-9(14-11)15-12/h2-3,6,8,15H,4-5,7,12H2,1H3. The summed E-state index contributed by atoms with van der Waals surface area (Å²) in [5, 5.41) is 0. The number of aromatic nitrogens is 3. The van der Waals surface area contributed by atoms with Crippen molar-refractivity contribution in [3.63, 3.8) is 0 Å². The third kappa shape index (κ3) is 1.77. The van der Waals surface area contributed by atoms with Crippen molar-refractivity contribution in [2.24, 2.45) is 5.84 Å². The summed E-state index contributed by atoms with van der Waals surface area (Å²) in [4.78, 5) is 11.1. The molecule has 3 rings (SSSR count). The van der Waals surface area contributed by atoms with Crippen molar-refractivity contribution in [1.82, 2.24) is 14.4 Å². The van der Waals surface area contributed by atoms with Gasteiger partial charge in [-0.15, -0.1) is 0 Å². The van der Waals surface area contributed by atoms with E-state index in [2.05, 4.69) is 27.2 Å². The van der Waals surface area contributed by atoms with Gasteiger partial charge in [-0.3, -0.25) is 0 Å². The van der Waals surface area contributed by atoms with Crippen LogP contribution in [-0.4, -0.2) is 40.2 Å². The van der Waals surface area contributed by atoms with Crippen LogP contribution in [0.15, 0.2) is 18.6 Å². The minimum absolute atomic E-state index is 0.278. The van der Waals surface area contributed by atoms with Gasteiger partial charge in [0.25, 0.3) is 0 Å². The molecule has 96 valence electrons. The highest BCUT2D eigenvalue weighted by molar-refractivity contribution is 5.67. The summed E-state index contributed by atoms with van der Waals surface area (Å²) < 4.78 is 7.36. The Morgan fingerprint density at radius 3 is 3.22 bits per heavy atom. The lowest BCUT2D eigenvalue weighted by atomic mass is 10.2. The van der Waals surface area contributed by atoms with Crippen LogP contribution in [0.3, 0.4) is 0 Å². The van der Waals surface area contributed by atoms with E-state index in [1.807, 2.05) is 16.8 Å². The zero-order valence-electron chi connectivity index (χ0n) is 10.2. The zero-order valence-corrected chi connectivity index (χ0v) is 10.2. The van der Waals surface area contributed by atoms with E-state index in [4.69, 9.17) is 10.6 Å². The van der Waals surface area contributed by atoms with Gasteiger partial charge in [0.2, 0.25) is 0 Å². The predicted molar refractivity (Wildman–Crippen MR) is 68.4 cm³/mol. The van der Waals surface area contributed by atoms with Crippen molar-refractivity contribution in [3.05, 3.63) is 18.6 Å². The maximum atomic E-state index is 5.45. The van der Waals surface area contributed by atoms with Gasteiger partial charge in [0.15, 0.2) is 17.3 Å². The number of nitrogens with two attached hydrogens (primary N) is 1. The number of morpholine rings is 1. The number of hydrazine groups is 1. The Bertz CT molecular complexity index is 553. The van der Waals surface area contributed by atoms with Crippen LogP contribution in [-0.2, 0) is 4.74 Å². The largest absolute Gasteiger partial charge is 0.377 e. The van der Waals surface area contributed by atoms with Crippen molar-refractivity contribution >= 4 is 17.3 Å². The van der Waals surface area contributed by atoms with E-state index in [0.29, 0.717) is 19.0 Å². The predicted octanol–water partition coefficient (Wildman–Crippen LogP) is 0.240. The number of nitrogens with zero attached hydrogens (tertiary/aromatic N) is 4. The monoisotopic (exact) mass is 248 g/mol. The van der Waals surface area contributed by atoms with Crippen LogP contribution in [0.1, 0.15) is 6.92 Å². The fourth-order valence-corrected chi connectivity index (χ4v) is 2.22. The molecule has 0 spiro atoms. The summed E-state index contributed by atoms with van der Waals surface area (Å²) in [6.45, 7) is 4.33. The molecule has 1 atom stereocenters. The van der Waals surface area contributed by atoms with E-state index in [1.54, 1.807) is 6.20 Å². The lowest BCUT2D eigenvalue weighted by Crippen LogP contribution is -2.44. The van der Waals surface area contributed by atoms with E-state index < -0.39 is 0 Å². The second-order valence-corrected chi connectivity index (χ2v) is 4.37. The highest BCUT2D eigenvalue weighted by atomic mass is 16.5. The van der Waals surface area contributed by atoms with E-state index in [9.17, 15) is 0 Å². The van der Waals surface area contributed by atoms with Crippen molar-refractivity contribution in [1.29, 1.82) is 0 Å². The molecule has 0 bridgehead atoms. The molecular formula is C11H16N6O. The fourth-order valence-electron chi connectivity index (χ4n) is 2.22. The molecular weight excluding hydrogens is 232 g/mol. The summed E-state index contributed by atoms with van der Waals surface area (Å²) in [7, 11) is 0. The fraction of sp³-hybridized carbons (Fsp3) is 0.455. The molecule has 2 aromatic heterocycles. The topological polar surface area (TPSA) is 80.7 Å². The normalized spacial score (nSPS) is 20.3. The van der Waals surface area contributed by atoms with Gasteiger partial charge in [-0.1, -0.05) is 0 Å². The molecule has 7 nitrogen and oxygen atoms in total. The van der Waals surface area contributed by atoms with E-state index in [0.717, 1.165) is 18.0 Å². The Kier molecular flexibility index (Phi) is 2.77. The smallest absolute Gasteiger partial charge is 0.180 e. The molecule has 1 saturated heterocycles. The number of ether oxygens (including phenoxy) is 1. The van der Waals surface area contributed by atoms with E-state index in [-0.39, 0.29) is 6.04 Å². The number of nitrogen functional groups attached to an aromatic ring is 1. The molecule has 1 unspecified atom stereocenters. The minimum Gasteiger partial charge on any atom is -0.377 e. The first kappa shape index (κ1) is 11.2. The first-order chi connectivity index (χ1) is 8.79. The SMILES string of the molecule is CC1COCCN1c1nc(NN)cn2ccnc12. The summed E-state index contributed by atoms with van der Waals surface area (Å²) >= 11 is 0. The van der Waals surface area contributed by atoms with Crippen molar-refractivity contribution in [2.75, 3.05) is 30.1 Å². The molecule has 1 aliphatic rings. The quantitative estimate of drug-likeness (QED) is 0.585. The molecule has 0 aliphatic carbocycles. The van der Waals surface area contributed by atoms with Gasteiger partial charge in [-0.25, -0.2) is 15.8 Å². The van der Waals surface area contributed by atoms with Gasteiger partial charge in [-0.2, -0.15) is 0 Å².